The van der Waals surface area contributed by atoms with Gasteiger partial charge in [0.25, 0.3) is 5.91 Å². The second kappa shape index (κ2) is 7.53. The lowest BCUT2D eigenvalue weighted by Gasteiger charge is -2.13. The van der Waals surface area contributed by atoms with E-state index in [1.807, 2.05) is 5.38 Å². The fourth-order valence-electron chi connectivity index (χ4n) is 2.09. The van der Waals surface area contributed by atoms with Crippen LogP contribution in [-0.4, -0.2) is 16.8 Å². The molecule has 1 atom stereocenters. The monoisotopic (exact) mass is 349 g/mol. The first kappa shape index (κ1) is 18.1. The van der Waals surface area contributed by atoms with E-state index < -0.39 is 11.7 Å². The van der Waals surface area contributed by atoms with Gasteiger partial charge in [0, 0.05) is 23.9 Å². The number of aromatic nitrogens is 1. The third kappa shape index (κ3) is 4.38. The van der Waals surface area contributed by atoms with E-state index in [0.29, 0.717) is 11.6 Å². The molecule has 0 bridgehead atoms. The second-order valence-corrected chi connectivity index (χ2v) is 6.73. The summed E-state index contributed by atoms with van der Waals surface area (Å²) in [6, 6.07) is 3.54. The standard InChI is InChI=1S/C17H20FN3O2S/c1-9(2)17-21-15(8-24-17)10(3)19-16(23)13-7-12(20-11(4)22)5-6-14(13)18/h5-10H,1-4H3,(H,19,23)(H,20,22)/t10-/m1/s1. The lowest BCUT2D eigenvalue weighted by Crippen LogP contribution is -2.27. The van der Waals surface area contributed by atoms with Gasteiger partial charge in [0.05, 0.1) is 22.3 Å². The number of rotatable bonds is 5. The number of hydrogen-bond acceptors (Lipinski definition) is 4. The Hall–Kier alpha value is -2.28. The van der Waals surface area contributed by atoms with Crippen molar-refractivity contribution in [2.75, 3.05) is 5.32 Å². The normalized spacial score (nSPS) is 12.1. The highest BCUT2D eigenvalue weighted by atomic mass is 32.1. The predicted molar refractivity (Wildman–Crippen MR) is 92.8 cm³/mol. The van der Waals surface area contributed by atoms with Crippen molar-refractivity contribution in [1.82, 2.24) is 10.3 Å². The molecule has 1 aromatic heterocycles. The van der Waals surface area contributed by atoms with Crippen molar-refractivity contribution in [2.45, 2.75) is 39.7 Å². The molecule has 0 saturated carbocycles. The van der Waals surface area contributed by atoms with E-state index in [-0.39, 0.29) is 17.5 Å². The quantitative estimate of drug-likeness (QED) is 0.861. The summed E-state index contributed by atoms with van der Waals surface area (Å²) in [5, 5.41) is 8.15. The maximum atomic E-state index is 13.9. The van der Waals surface area contributed by atoms with Crippen molar-refractivity contribution in [1.29, 1.82) is 0 Å². The summed E-state index contributed by atoms with van der Waals surface area (Å²) in [6.45, 7) is 7.25. The summed E-state index contributed by atoms with van der Waals surface area (Å²) >= 11 is 1.54. The van der Waals surface area contributed by atoms with Gasteiger partial charge in [0.1, 0.15) is 5.82 Å². The molecular formula is C17H20FN3O2S. The fourth-order valence-corrected chi connectivity index (χ4v) is 3.02. The lowest BCUT2D eigenvalue weighted by molar-refractivity contribution is -0.114. The molecule has 24 heavy (non-hydrogen) atoms. The zero-order valence-corrected chi connectivity index (χ0v) is 14.8. The number of benzene rings is 1. The van der Waals surface area contributed by atoms with Crippen molar-refractivity contribution in [3.05, 3.63) is 45.7 Å². The summed E-state index contributed by atoms with van der Waals surface area (Å²) in [6.07, 6.45) is 0. The number of nitrogens with one attached hydrogen (secondary N) is 2. The van der Waals surface area contributed by atoms with Gasteiger partial charge in [0.15, 0.2) is 0 Å². The number of carbonyl (C=O) groups excluding carboxylic acids is 2. The number of carbonyl (C=O) groups is 2. The van der Waals surface area contributed by atoms with Crippen molar-refractivity contribution in [3.8, 4) is 0 Å². The molecule has 2 rings (SSSR count). The van der Waals surface area contributed by atoms with Gasteiger partial charge < -0.3 is 10.6 Å². The Morgan fingerprint density at radius 1 is 1.25 bits per heavy atom. The Morgan fingerprint density at radius 2 is 1.96 bits per heavy atom. The predicted octanol–water partition coefficient (Wildman–Crippen LogP) is 3.86. The molecule has 0 radical (unpaired) electrons. The molecular weight excluding hydrogens is 329 g/mol. The van der Waals surface area contributed by atoms with Crippen LogP contribution in [-0.2, 0) is 4.79 Å². The van der Waals surface area contributed by atoms with E-state index in [1.54, 1.807) is 6.92 Å². The van der Waals surface area contributed by atoms with Crippen LogP contribution >= 0.6 is 11.3 Å². The van der Waals surface area contributed by atoms with E-state index in [2.05, 4.69) is 29.5 Å². The van der Waals surface area contributed by atoms with E-state index in [9.17, 15) is 14.0 Å². The molecule has 0 unspecified atom stereocenters. The van der Waals surface area contributed by atoms with Gasteiger partial charge in [0.2, 0.25) is 5.91 Å². The molecule has 7 heteroatoms. The van der Waals surface area contributed by atoms with Crippen LogP contribution in [0.4, 0.5) is 10.1 Å². The molecule has 0 fully saturated rings. The average Bonchev–Trinajstić information content (AvgIpc) is 2.98. The Kier molecular flexibility index (Phi) is 5.66. The minimum absolute atomic E-state index is 0.118. The van der Waals surface area contributed by atoms with Gasteiger partial charge in [-0.25, -0.2) is 9.37 Å². The van der Waals surface area contributed by atoms with Crippen molar-refractivity contribution in [3.63, 3.8) is 0 Å². The molecule has 0 aliphatic heterocycles. The summed E-state index contributed by atoms with van der Waals surface area (Å²) in [4.78, 5) is 27.9. The zero-order chi connectivity index (χ0) is 17.9. The van der Waals surface area contributed by atoms with Crippen LogP contribution < -0.4 is 10.6 Å². The summed E-state index contributed by atoms with van der Waals surface area (Å²) in [7, 11) is 0. The van der Waals surface area contributed by atoms with Gasteiger partial charge in [-0.2, -0.15) is 0 Å². The number of anilines is 1. The van der Waals surface area contributed by atoms with E-state index in [4.69, 9.17) is 0 Å². The van der Waals surface area contributed by atoms with Gasteiger partial charge in [-0.15, -0.1) is 11.3 Å². The Balaban J connectivity index is 2.14. The van der Waals surface area contributed by atoms with E-state index >= 15 is 0 Å². The van der Waals surface area contributed by atoms with Crippen LogP contribution in [0.15, 0.2) is 23.6 Å². The molecule has 2 N–H and O–H groups in total. The number of nitrogens with zero attached hydrogens (tertiary/aromatic N) is 1. The first-order chi connectivity index (χ1) is 11.3. The van der Waals surface area contributed by atoms with Crippen molar-refractivity contribution >= 4 is 28.8 Å². The Labute approximate surface area is 144 Å². The SMILES string of the molecule is CC(=O)Nc1ccc(F)c(C(=O)N[C@H](C)c2csc(C(C)C)n2)c1. The highest BCUT2D eigenvalue weighted by Gasteiger charge is 2.18. The lowest BCUT2D eigenvalue weighted by atomic mass is 10.1. The molecule has 2 aromatic rings. The maximum Gasteiger partial charge on any atom is 0.254 e. The molecule has 5 nitrogen and oxygen atoms in total. The molecule has 0 aliphatic rings. The number of thiazole rings is 1. The third-order valence-electron chi connectivity index (χ3n) is 3.36. The fraction of sp³-hybridized carbons (Fsp3) is 0.353. The molecule has 0 saturated heterocycles. The van der Waals surface area contributed by atoms with Crippen LogP contribution in [0.3, 0.4) is 0 Å². The van der Waals surface area contributed by atoms with Gasteiger partial charge in [-0.3, -0.25) is 9.59 Å². The average molecular weight is 349 g/mol. The Bertz CT molecular complexity index is 758. The third-order valence-corrected chi connectivity index (χ3v) is 4.52. The molecule has 1 aromatic carbocycles. The van der Waals surface area contributed by atoms with Gasteiger partial charge >= 0.3 is 0 Å². The smallest absolute Gasteiger partial charge is 0.254 e. The zero-order valence-electron chi connectivity index (χ0n) is 14.0. The van der Waals surface area contributed by atoms with Gasteiger partial charge in [-0.1, -0.05) is 13.8 Å². The van der Waals surface area contributed by atoms with Crippen molar-refractivity contribution in [2.24, 2.45) is 0 Å². The summed E-state index contributed by atoms with van der Waals surface area (Å²) in [5.41, 5.74) is 1.00. The summed E-state index contributed by atoms with van der Waals surface area (Å²) < 4.78 is 13.9. The minimum Gasteiger partial charge on any atom is -0.344 e. The molecule has 1 heterocycles. The first-order valence-electron chi connectivity index (χ1n) is 7.61. The van der Waals surface area contributed by atoms with E-state index in [0.717, 1.165) is 16.8 Å². The van der Waals surface area contributed by atoms with Crippen LogP contribution in [0.5, 0.6) is 0 Å². The molecule has 0 spiro atoms. The number of hydrogen-bond donors (Lipinski definition) is 2. The van der Waals surface area contributed by atoms with Gasteiger partial charge in [-0.05, 0) is 25.1 Å². The second-order valence-electron chi connectivity index (χ2n) is 5.84. The van der Waals surface area contributed by atoms with E-state index in [1.165, 1.54) is 30.4 Å². The number of halogens is 1. The van der Waals surface area contributed by atoms with Crippen LogP contribution in [0.1, 0.15) is 60.7 Å². The topological polar surface area (TPSA) is 71.1 Å². The van der Waals surface area contributed by atoms with Crippen LogP contribution in [0.2, 0.25) is 0 Å². The summed E-state index contributed by atoms with van der Waals surface area (Å²) in [5.74, 6) is -1.16. The van der Waals surface area contributed by atoms with Crippen molar-refractivity contribution < 1.29 is 14.0 Å². The number of amides is 2. The van der Waals surface area contributed by atoms with Crippen LogP contribution in [0.25, 0.3) is 0 Å². The molecule has 2 amide bonds. The molecule has 0 aliphatic carbocycles. The highest BCUT2D eigenvalue weighted by Crippen LogP contribution is 2.23. The Morgan fingerprint density at radius 3 is 2.54 bits per heavy atom. The minimum atomic E-state index is -0.644. The first-order valence-corrected chi connectivity index (χ1v) is 8.49. The maximum absolute atomic E-state index is 13.9. The molecule has 128 valence electrons. The highest BCUT2D eigenvalue weighted by molar-refractivity contribution is 7.09. The van der Waals surface area contributed by atoms with Crippen LogP contribution in [0, 0.1) is 5.82 Å². The largest absolute Gasteiger partial charge is 0.344 e.